The second kappa shape index (κ2) is 9.55. The van der Waals surface area contributed by atoms with E-state index in [1.54, 1.807) is 35.4 Å². The van der Waals surface area contributed by atoms with Crippen molar-refractivity contribution in [2.45, 2.75) is 90.3 Å². The highest BCUT2D eigenvalue weighted by Gasteiger charge is 2.37. The van der Waals surface area contributed by atoms with Gasteiger partial charge in [-0.25, -0.2) is 27.2 Å². The predicted molar refractivity (Wildman–Crippen MR) is 149 cm³/mol. The Morgan fingerprint density at radius 2 is 1.61 bits per heavy atom. The molecule has 0 N–H and O–H groups in total. The molecule has 3 aromatic rings. The Bertz CT molecular complexity index is 1450. The molecule has 2 aromatic heterocycles. The molecule has 1 aliphatic rings. The van der Waals surface area contributed by atoms with Crippen molar-refractivity contribution in [3.8, 4) is 0 Å². The van der Waals surface area contributed by atoms with E-state index in [9.17, 15) is 13.2 Å². The minimum Gasteiger partial charge on any atom is -0.444 e. The number of nitrogens with zero attached hydrogens (tertiary/aromatic N) is 5. The summed E-state index contributed by atoms with van der Waals surface area (Å²) in [6.07, 6.45) is 2.77. The molecule has 1 aliphatic heterocycles. The summed E-state index contributed by atoms with van der Waals surface area (Å²) < 4.78 is 34.4. The molecule has 3 heterocycles. The lowest BCUT2D eigenvalue weighted by Gasteiger charge is -2.45. The van der Waals surface area contributed by atoms with Gasteiger partial charge in [-0.15, -0.1) is 0 Å². The lowest BCUT2D eigenvalue weighted by molar-refractivity contribution is 0.0130. The van der Waals surface area contributed by atoms with Crippen LogP contribution in [0.25, 0.3) is 11.0 Å². The summed E-state index contributed by atoms with van der Waals surface area (Å²) in [5, 5.41) is 0.709. The summed E-state index contributed by atoms with van der Waals surface area (Å²) in [6, 6.07) is 6.60. The van der Waals surface area contributed by atoms with Crippen molar-refractivity contribution >= 4 is 33.0 Å². The molecule has 0 saturated carbocycles. The van der Waals surface area contributed by atoms with Crippen LogP contribution in [0.5, 0.6) is 0 Å². The van der Waals surface area contributed by atoms with Crippen LogP contribution >= 0.6 is 0 Å². The van der Waals surface area contributed by atoms with Crippen LogP contribution in [-0.4, -0.2) is 64.1 Å². The predicted octanol–water partition coefficient (Wildman–Crippen LogP) is 5.11. The number of carbonyl (C=O) groups is 1. The van der Waals surface area contributed by atoms with Gasteiger partial charge in [0.25, 0.3) is 10.0 Å². The zero-order valence-corrected chi connectivity index (χ0v) is 24.6. The molecule has 1 amide bonds. The van der Waals surface area contributed by atoms with Gasteiger partial charge in [0.1, 0.15) is 17.7 Å². The number of rotatable bonds is 3. The van der Waals surface area contributed by atoms with E-state index >= 15 is 0 Å². The van der Waals surface area contributed by atoms with E-state index < -0.39 is 15.6 Å². The molecule has 0 radical (unpaired) electrons. The van der Waals surface area contributed by atoms with E-state index in [1.165, 1.54) is 10.3 Å². The van der Waals surface area contributed by atoms with Gasteiger partial charge in [0.2, 0.25) is 0 Å². The third-order valence-electron chi connectivity index (χ3n) is 6.80. The first kappa shape index (κ1) is 27.9. The molecule has 0 spiro atoms. The van der Waals surface area contributed by atoms with Crippen molar-refractivity contribution in [3.63, 3.8) is 0 Å². The third kappa shape index (κ3) is 5.23. The van der Waals surface area contributed by atoms with Crippen molar-refractivity contribution in [2.75, 3.05) is 18.0 Å². The number of carbonyl (C=O) groups excluding carboxylic acids is 1. The molecule has 1 saturated heterocycles. The van der Waals surface area contributed by atoms with Gasteiger partial charge >= 0.3 is 6.09 Å². The van der Waals surface area contributed by atoms with Crippen LogP contribution in [0.3, 0.4) is 0 Å². The first-order valence-electron chi connectivity index (χ1n) is 13.0. The van der Waals surface area contributed by atoms with Crippen LogP contribution in [0.4, 0.5) is 10.6 Å². The Kier molecular flexibility index (Phi) is 7.01. The van der Waals surface area contributed by atoms with Gasteiger partial charge in [0.05, 0.1) is 10.3 Å². The molecular weight excluding hydrogens is 502 g/mol. The third-order valence-corrected chi connectivity index (χ3v) is 8.47. The monoisotopic (exact) mass is 541 g/mol. The number of ether oxygens (including phenoxy) is 1. The van der Waals surface area contributed by atoms with Crippen molar-refractivity contribution in [1.82, 2.24) is 18.8 Å². The number of amides is 1. The number of aromatic nitrogens is 3. The number of benzene rings is 1. The molecule has 2 atom stereocenters. The highest BCUT2D eigenvalue weighted by atomic mass is 32.2. The minimum absolute atomic E-state index is 0.0818. The molecule has 38 heavy (non-hydrogen) atoms. The molecule has 206 valence electrons. The quantitative estimate of drug-likeness (QED) is 0.455. The fourth-order valence-corrected chi connectivity index (χ4v) is 6.13. The number of aryl methyl sites for hydroxylation is 1. The smallest absolute Gasteiger partial charge is 0.410 e. The Morgan fingerprint density at radius 3 is 2.18 bits per heavy atom. The van der Waals surface area contributed by atoms with Crippen molar-refractivity contribution < 1.29 is 17.9 Å². The van der Waals surface area contributed by atoms with Crippen molar-refractivity contribution in [1.29, 1.82) is 0 Å². The van der Waals surface area contributed by atoms with Gasteiger partial charge in [-0.3, -0.25) is 0 Å². The standard InChI is InChI=1S/C28H39N5O4S/c1-18-10-12-21(13-11-18)38(35,36)33-16-22(27(4,5)6)23-24(29-17-30-25(23)33)31-14-20(3)32(15-19(31)2)26(34)37-28(7,8)9/h10-13,16-17,19-20H,14-15H2,1-9H3/t19-,20+/m0/s1. The summed E-state index contributed by atoms with van der Waals surface area (Å²) >= 11 is 0. The molecule has 0 bridgehead atoms. The van der Waals surface area contributed by atoms with Crippen LogP contribution in [0, 0.1) is 6.92 Å². The fraction of sp³-hybridized carbons (Fsp3) is 0.536. The number of hydrogen-bond donors (Lipinski definition) is 0. The van der Waals surface area contributed by atoms with Crippen LogP contribution < -0.4 is 4.90 Å². The van der Waals surface area contributed by atoms with E-state index in [2.05, 4.69) is 14.9 Å². The van der Waals surface area contributed by atoms with Gasteiger partial charge in [0.15, 0.2) is 5.65 Å². The van der Waals surface area contributed by atoms with Crippen LogP contribution in [0.2, 0.25) is 0 Å². The Balaban J connectivity index is 1.82. The first-order chi connectivity index (χ1) is 17.5. The summed E-state index contributed by atoms with van der Waals surface area (Å²) in [5.74, 6) is 0.668. The second-order valence-corrected chi connectivity index (χ2v) is 14.1. The maximum Gasteiger partial charge on any atom is 0.410 e. The maximum absolute atomic E-state index is 13.8. The SMILES string of the molecule is Cc1ccc(S(=O)(=O)n2cc(C(C)(C)C)c3c(N4C[C@@H](C)N(C(=O)OC(C)(C)C)C[C@@H]4C)ncnc32)cc1. The minimum atomic E-state index is -3.89. The van der Waals surface area contributed by atoms with Gasteiger partial charge in [-0.05, 0) is 64.7 Å². The first-order valence-corrected chi connectivity index (χ1v) is 14.4. The topological polar surface area (TPSA) is 97.6 Å². The van der Waals surface area contributed by atoms with E-state index in [0.29, 0.717) is 29.9 Å². The van der Waals surface area contributed by atoms with Crippen molar-refractivity contribution in [3.05, 3.63) is 47.9 Å². The molecule has 9 nitrogen and oxygen atoms in total. The second-order valence-electron chi connectivity index (χ2n) is 12.3. The molecule has 1 aromatic carbocycles. The van der Waals surface area contributed by atoms with Crippen molar-refractivity contribution in [2.24, 2.45) is 0 Å². The number of fused-ring (bicyclic) bond motifs is 1. The Labute approximate surface area is 225 Å². The molecular formula is C28H39N5O4S. The summed E-state index contributed by atoms with van der Waals surface area (Å²) in [4.78, 5) is 26.1. The molecule has 10 heteroatoms. The number of hydrogen-bond acceptors (Lipinski definition) is 7. The average molecular weight is 542 g/mol. The molecule has 4 rings (SSSR count). The van der Waals surface area contributed by atoms with Crippen LogP contribution in [0.1, 0.15) is 66.5 Å². The largest absolute Gasteiger partial charge is 0.444 e. The highest BCUT2D eigenvalue weighted by molar-refractivity contribution is 7.90. The zero-order valence-electron chi connectivity index (χ0n) is 23.8. The van der Waals surface area contributed by atoms with E-state index in [-0.39, 0.29) is 28.5 Å². The van der Waals surface area contributed by atoms with Gasteiger partial charge in [0, 0.05) is 31.4 Å². The summed E-state index contributed by atoms with van der Waals surface area (Å²) in [6.45, 7) is 18.6. The Hall–Kier alpha value is -3.14. The fourth-order valence-electron chi connectivity index (χ4n) is 4.81. The number of anilines is 1. The van der Waals surface area contributed by atoms with Gasteiger partial charge in [-0.1, -0.05) is 38.5 Å². The maximum atomic E-state index is 13.8. The molecule has 0 aliphatic carbocycles. The lowest BCUT2D eigenvalue weighted by Crippen LogP contribution is -2.59. The lowest BCUT2D eigenvalue weighted by atomic mass is 9.87. The van der Waals surface area contributed by atoms with E-state index in [4.69, 9.17) is 4.74 Å². The van der Waals surface area contributed by atoms with Crippen LogP contribution in [0.15, 0.2) is 41.7 Å². The number of piperazine rings is 1. The molecule has 1 fully saturated rings. The van der Waals surface area contributed by atoms with E-state index in [0.717, 1.165) is 11.1 Å². The van der Waals surface area contributed by atoms with E-state index in [1.807, 2.05) is 62.3 Å². The average Bonchev–Trinajstić information content (AvgIpc) is 3.21. The summed E-state index contributed by atoms with van der Waals surface area (Å²) in [5.41, 5.74) is 1.21. The van der Waals surface area contributed by atoms with Gasteiger partial charge < -0.3 is 14.5 Å². The van der Waals surface area contributed by atoms with Crippen LogP contribution in [-0.2, 0) is 20.2 Å². The molecule has 0 unspecified atom stereocenters. The Morgan fingerprint density at radius 1 is 0.974 bits per heavy atom. The zero-order chi connectivity index (χ0) is 28.2. The van der Waals surface area contributed by atoms with Gasteiger partial charge in [-0.2, -0.15) is 0 Å². The summed E-state index contributed by atoms with van der Waals surface area (Å²) in [7, 11) is -3.89. The normalized spacial score (nSPS) is 19.2. The highest BCUT2D eigenvalue weighted by Crippen LogP contribution is 2.38.